The number of nitro benzene ring substituents is 1. The number of nitro groups is 1. The molecule has 50 heavy (non-hydrogen) atoms. The highest BCUT2D eigenvalue weighted by molar-refractivity contribution is 7.92. The fraction of sp³-hybridized carbons (Fsp3) is 0.278. The summed E-state index contributed by atoms with van der Waals surface area (Å²) in [6, 6.07) is 22.4. The summed E-state index contributed by atoms with van der Waals surface area (Å²) in [5.41, 5.74) is 1.13. The first-order valence-corrected chi connectivity index (χ1v) is 17.9. The molecule has 0 radical (unpaired) electrons. The summed E-state index contributed by atoms with van der Waals surface area (Å²) in [7, 11) is -3.36. The minimum Gasteiger partial charge on any atom is -0.495 e. The first-order chi connectivity index (χ1) is 23.7. The maximum Gasteiger partial charge on any atom is 0.273 e. The molecule has 4 aromatic carbocycles. The summed E-state index contributed by atoms with van der Waals surface area (Å²) >= 11 is 12.6. The van der Waals surface area contributed by atoms with E-state index in [9.17, 15) is 28.1 Å². The van der Waals surface area contributed by atoms with Gasteiger partial charge in [-0.25, -0.2) is 8.42 Å². The molecule has 0 unspecified atom stereocenters. The molecular formula is C36H38Cl2N4O7S. The number of ether oxygens (including phenoxy) is 1. The van der Waals surface area contributed by atoms with E-state index >= 15 is 0 Å². The lowest BCUT2D eigenvalue weighted by atomic mass is 10.0. The van der Waals surface area contributed by atoms with E-state index in [1.165, 1.54) is 49.3 Å². The van der Waals surface area contributed by atoms with Gasteiger partial charge in [-0.15, -0.1) is 0 Å². The van der Waals surface area contributed by atoms with E-state index < -0.39 is 49.9 Å². The van der Waals surface area contributed by atoms with Crippen molar-refractivity contribution in [2.24, 2.45) is 0 Å². The van der Waals surface area contributed by atoms with Gasteiger partial charge in [0.05, 0.1) is 22.6 Å². The van der Waals surface area contributed by atoms with Crippen LogP contribution in [-0.2, 0) is 32.6 Å². The summed E-state index contributed by atoms with van der Waals surface area (Å²) in [6.07, 6.45) is 0.752. The Morgan fingerprint density at radius 3 is 2.26 bits per heavy atom. The molecule has 0 bridgehead atoms. The molecular weight excluding hydrogens is 703 g/mol. The van der Waals surface area contributed by atoms with E-state index in [0.29, 0.717) is 17.0 Å². The number of nitrogens with zero attached hydrogens (tertiary/aromatic N) is 3. The molecule has 11 nitrogen and oxygen atoms in total. The van der Waals surface area contributed by atoms with Gasteiger partial charge in [-0.05, 0) is 67.8 Å². The molecule has 4 aromatic rings. The maximum atomic E-state index is 14.7. The first kappa shape index (κ1) is 38.2. The minimum atomic E-state index is -4.69. The Morgan fingerprint density at radius 1 is 0.940 bits per heavy atom. The second kappa shape index (κ2) is 16.8. The Morgan fingerprint density at radius 2 is 1.62 bits per heavy atom. The van der Waals surface area contributed by atoms with Gasteiger partial charge in [0.1, 0.15) is 18.3 Å². The lowest BCUT2D eigenvalue weighted by Crippen LogP contribution is -2.54. The van der Waals surface area contributed by atoms with Gasteiger partial charge in [0.2, 0.25) is 11.8 Å². The number of aryl methyl sites for hydroxylation is 1. The third-order valence-corrected chi connectivity index (χ3v) is 10.4. The van der Waals surface area contributed by atoms with Gasteiger partial charge in [0, 0.05) is 40.7 Å². The smallest absolute Gasteiger partial charge is 0.273 e. The quantitative estimate of drug-likeness (QED) is 0.103. The van der Waals surface area contributed by atoms with Crippen LogP contribution in [0, 0.1) is 17.0 Å². The Hall–Kier alpha value is -4.65. The zero-order valence-corrected chi connectivity index (χ0v) is 30.3. The van der Waals surface area contributed by atoms with Crippen LogP contribution >= 0.6 is 23.2 Å². The van der Waals surface area contributed by atoms with Crippen molar-refractivity contribution in [2.45, 2.75) is 57.1 Å². The number of anilines is 1. The molecule has 0 aliphatic carbocycles. The van der Waals surface area contributed by atoms with E-state index in [1.54, 1.807) is 24.3 Å². The van der Waals surface area contributed by atoms with Crippen LogP contribution in [0.4, 0.5) is 11.4 Å². The largest absolute Gasteiger partial charge is 0.495 e. The molecule has 1 N–H and O–H groups in total. The molecule has 0 heterocycles. The van der Waals surface area contributed by atoms with E-state index in [2.05, 4.69) is 5.32 Å². The number of methoxy groups -OCH3 is 1. The molecule has 0 aromatic heterocycles. The SMILES string of the molecule is CC[C@H](C)NC(=O)[C@@H](Cc1ccccc1)N(Cc1cccc(Cl)c1)C(=O)CN(c1cc(Cl)ccc1OC)S(=O)(=O)c1ccc(C)c([N+](=O)[O-])c1. The van der Waals surface area contributed by atoms with Gasteiger partial charge in [-0.2, -0.15) is 0 Å². The molecule has 4 rings (SSSR count). The van der Waals surface area contributed by atoms with Crippen molar-refractivity contribution in [2.75, 3.05) is 18.0 Å². The Labute approximate surface area is 302 Å². The summed E-state index contributed by atoms with van der Waals surface area (Å²) in [5, 5.41) is 15.3. The minimum absolute atomic E-state index is 0.0733. The normalized spacial score (nSPS) is 12.4. The van der Waals surface area contributed by atoms with Crippen molar-refractivity contribution in [1.82, 2.24) is 10.2 Å². The number of halogens is 2. The van der Waals surface area contributed by atoms with Crippen LogP contribution in [0.3, 0.4) is 0 Å². The summed E-state index contributed by atoms with van der Waals surface area (Å²) in [5.74, 6) is -1.09. The molecule has 0 aliphatic rings. The van der Waals surface area contributed by atoms with Gasteiger partial charge in [-0.1, -0.05) is 78.7 Å². The van der Waals surface area contributed by atoms with E-state index in [-0.39, 0.29) is 41.0 Å². The summed E-state index contributed by atoms with van der Waals surface area (Å²) in [4.78, 5) is 40.7. The lowest BCUT2D eigenvalue weighted by Gasteiger charge is -2.34. The number of hydrogen-bond acceptors (Lipinski definition) is 7. The van der Waals surface area contributed by atoms with Crippen molar-refractivity contribution in [1.29, 1.82) is 0 Å². The van der Waals surface area contributed by atoms with Crippen LogP contribution in [0.15, 0.2) is 95.9 Å². The van der Waals surface area contributed by atoms with Crippen molar-refractivity contribution in [3.05, 3.63) is 128 Å². The molecule has 2 atom stereocenters. The molecule has 0 spiro atoms. The third-order valence-electron chi connectivity index (χ3n) is 8.17. The van der Waals surface area contributed by atoms with Crippen LogP contribution in [0.2, 0.25) is 10.0 Å². The van der Waals surface area contributed by atoms with Crippen molar-refractivity contribution < 1.29 is 27.7 Å². The zero-order valence-electron chi connectivity index (χ0n) is 28.0. The molecule has 14 heteroatoms. The summed E-state index contributed by atoms with van der Waals surface area (Å²) < 4.78 is 35.2. The Kier molecular flexibility index (Phi) is 12.9. The number of nitrogens with one attached hydrogen (secondary N) is 1. The Balaban J connectivity index is 1.90. The van der Waals surface area contributed by atoms with Crippen LogP contribution < -0.4 is 14.4 Å². The van der Waals surface area contributed by atoms with Crippen molar-refractivity contribution in [3.8, 4) is 5.75 Å². The summed E-state index contributed by atoms with van der Waals surface area (Å²) in [6.45, 7) is 4.34. The number of benzene rings is 4. The molecule has 0 fully saturated rings. The first-order valence-electron chi connectivity index (χ1n) is 15.7. The van der Waals surface area contributed by atoms with Crippen LogP contribution in [0.25, 0.3) is 0 Å². The monoisotopic (exact) mass is 740 g/mol. The fourth-order valence-electron chi connectivity index (χ4n) is 5.27. The van der Waals surface area contributed by atoms with Crippen molar-refractivity contribution >= 4 is 56.4 Å². The molecule has 264 valence electrons. The average Bonchev–Trinajstić information content (AvgIpc) is 3.08. The van der Waals surface area contributed by atoms with Crippen molar-refractivity contribution in [3.63, 3.8) is 0 Å². The average molecular weight is 742 g/mol. The van der Waals surface area contributed by atoms with E-state index in [4.69, 9.17) is 27.9 Å². The fourth-order valence-corrected chi connectivity index (χ4v) is 7.09. The molecule has 0 saturated heterocycles. The van der Waals surface area contributed by atoms with Gasteiger partial charge >= 0.3 is 0 Å². The second-order valence-electron chi connectivity index (χ2n) is 11.7. The second-order valence-corrected chi connectivity index (χ2v) is 14.4. The van der Waals surface area contributed by atoms with Crippen LogP contribution in [0.1, 0.15) is 37.0 Å². The van der Waals surface area contributed by atoms with E-state index in [0.717, 1.165) is 15.9 Å². The van der Waals surface area contributed by atoms with Crippen LogP contribution in [-0.4, -0.2) is 55.8 Å². The third kappa shape index (κ3) is 9.32. The Bertz CT molecular complexity index is 1960. The predicted molar refractivity (Wildman–Crippen MR) is 194 cm³/mol. The van der Waals surface area contributed by atoms with Gasteiger partial charge < -0.3 is 15.0 Å². The molecule has 2 amide bonds. The number of rotatable bonds is 15. The number of carbonyl (C=O) groups is 2. The highest BCUT2D eigenvalue weighted by atomic mass is 35.5. The van der Waals surface area contributed by atoms with Gasteiger partial charge in [0.25, 0.3) is 15.7 Å². The standard InChI is InChI=1S/C36H38Cl2N4O7S/c1-5-25(3)39-36(44)33(19-26-10-7-6-8-11-26)40(22-27-12-9-13-28(37)18-27)35(43)23-41(32-20-29(38)15-17-34(32)49-4)50(47,48)30-16-14-24(2)31(21-30)42(45)46/h6-18,20-21,25,33H,5,19,22-23H2,1-4H3,(H,39,44)/t25-,33+/m0/s1. The highest BCUT2D eigenvalue weighted by Crippen LogP contribution is 2.36. The number of sulfonamides is 1. The van der Waals surface area contributed by atoms with Gasteiger partial charge in [0.15, 0.2) is 0 Å². The molecule has 0 aliphatic heterocycles. The number of hydrogen-bond donors (Lipinski definition) is 1. The predicted octanol–water partition coefficient (Wildman–Crippen LogP) is 6.97. The highest BCUT2D eigenvalue weighted by Gasteiger charge is 2.36. The number of amides is 2. The van der Waals surface area contributed by atoms with E-state index in [1.807, 2.05) is 44.2 Å². The van der Waals surface area contributed by atoms with Crippen LogP contribution in [0.5, 0.6) is 5.75 Å². The zero-order chi connectivity index (χ0) is 36.6. The topological polar surface area (TPSA) is 139 Å². The molecule has 0 saturated carbocycles. The maximum absolute atomic E-state index is 14.7. The number of carbonyl (C=O) groups excluding carboxylic acids is 2. The lowest BCUT2D eigenvalue weighted by molar-refractivity contribution is -0.385. The van der Waals surface area contributed by atoms with Gasteiger partial charge in [-0.3, -0.25) is 24.0 Å².